The smallest absolute Gasteiger partial charge is 0.319 e. The van der Waals surface area contributed by atoms with Crippen molar-refractivity contribution in [3.05, 3.63) is 58.7 Å². The number of rotatable bonds is 5. The van der Waals surface area contributed by atoms with Crippen LogP contribution in [-0.4, -0.2) is 18.7 Å². The van der Waals surface area contributed by atoms with E-state index in [4.69, 9.17) is 4.74 Å². The van der Waals surface area contributed by atoms with Crippen molar-refractivity contribution in [3.8, 4) is 5.75 Å². The van der Waals surface area contributed by atoms with E-state index >= 15 is 0 Å². The first-order valence-corrected chi connectivity index (χ1v) is 8.21. The highest BCUT2D eigenvalue weighted by Crippen LogP contribution is 2.22. The van der Waals surface area contributed by atoms with Gasteiger partial charge in [0.05, 0.1) is 6.04 Å². The predicted molar refractivity (Wildman–Crippen MR) is 98.9 cm³/mol. The van der Waals surface area contributed by atoms with Gasteiger partial charge in [0.15, 0.2) is 0 Å². The summed E-state index contributed by atoms with van der Waals surface area (Å²) in [4.78, 5) is 12.2. The molecule has 4 heteroatoms. The molecule has 0 aliphatic rings. The third kappa shape index (κ3) is 4.51. The Hall–Kier alpha value is -2.49. The molecular formula is C20H26N2O2. The Bertz CT molecular complexity index is 705. The van der Waals surface area contributed by atoms with Crippen molar-refractivity contribution in [3.63, 3.8) is 0 Å². The van der Waals surface area contributed by atoms with E-state index in [1.165, 1.54) is 0 Å². The number of nitrogens with one attached hydrogen (secondary N) is 2. The molecule has 128 valence electrons. The van der Waals surface area contributed by atoms with Crippen LogP contribution in [0.5, 0.6) is 5.75 Å². The lowest BCUT2D eigenvalue weighted by atomic mass is 10.1. The molecule has 0 radical (unpaired) electrons. The normalized spacial score (nSPS) is 11.7. The molecule has 0 saturated carbocycles. The van der Waals surface area contributed by atoms with Gasteiger partial charge < -0.3 is 15.4 Å². The minimum Gasteiger partial charge on any atom is -0.491 e. The molecule has 0 saturated heterocycles. The van der Waals surface area contributed by atoms with Gasteiger partial charge >= 0.3 is 6.03 Å². The quantitative estimate of drug-likeness (QED) is 0.849. The first-order chi connectivity index (χ1) is 11.4. The molecule has 0 aromatic heterocycles. The molecule has 4 nitrogen and oxygen atoms in total. The molecule has 1 unspecified atom stereocenters. The first-order valence-electron chi connectivity index (χ1n) is 8.21. The Morgan fingerprint density at radius 3 is 2.25 bits per heavy atom. The summed E-state index contributed by atoms with van der Waals surface area (Å²) in [7, 11) is 0. The fourth-order valence-corrected chi connectivity index (χ4v) is 2.55. The van der Waals surface area contributed by atoms with Gasteiger partial charge in [-0.05, 0) is 62.9 Å². The third-order valence-corrected chi connectivity index (χ3v) is 4.12. The average Bonchev–Trinajstić information content (AvgIpc) is 2.51. The SMILES string of the molecule is Cc1cccc(NC(=O)NC(C)COc2c(C)cccc2C)c1C. The number of ether oxygens (including phenoxy) is 1. The maximum absolute atomic E-state index is 12.2. The van der Waals surface area contributed by atoms with Crippen LogP contribution in [0.4, 0.5) is 10.5 Å². The second kappa shape index (κ2) is 7.86. The molecule has 0 bridgehead atoms. The Kier molecular flexibility index (Phi) is 5.85. The number of urea groups is 1. The maximum atomic E-state index is 12.2. The van der Waals surface area contributed by atoms with Gasteiger partial charge in [0.1, 0.15) is 12.4 Å². The molecule has 0 aliphatic heterocycles. The Balaban J connectivity index is 1.89. The highest BCUT2D eigenvalue weighted by atomic mass is 16.5. The minimum absolute atomic E-state index is 0.103. The molecule has 0 aliphatic carbocycles. The predicted octanol–water partition coefficient (Wildman–Crippen LogP) is 4.51. The van der Waals surface area contributed by atoms with Crippen LogP contribution in [-0.2, 0) is 0 Å². The molecule has 2 aromatic rings. The second-order valence-corrected chi connectivity index (χ2v) is 6.28. The average molecular weight is 326 g/mol. The number of benzene rings is 2. The van der Waals surface area contributed by atoms with Gasteiger partial charge in [-0.25, -0.2) is 4.79 Å². The topological polar surface area (TPSA) is 50.4 Å². The molecule has 0 fully saturated rings. The maximum Gasteiger partial charge on any atom is 0.319 e. The van der Waals surface area contributed by atoms with Crippen LogP contribution < -0.4 is 15.4 Å². The van der Waals surface area contributed by atoms with Crippen LogP contribution in [0.3, 0.4) is 0 Å². The highest BCUT2D eigenvalue weighted by molar-refractivity contribution is 5.90. The van der Waals surface area contributed by atoms with Crippen molar-refractivity contribution >= 4 is 11.7 Å². The number of anilines is 1. The van der Waals surface area contributed by atoms with Crippen LogP contribution >= 0.6 is 0 Å². The molecule has 1 atom stereocenters. The summed E-state index contributed by atoms with van der Waals surface area (Å²) in [5.41, 5.74) is 5.26. The third-order valence-electron chi connectivity index (χ3n) is 4.12. The zero-order chi connectivity index (χ0) is 17.7. The lowest BCUT2D eigenvalue weighted by molar-refractivity contribution is 0.236. The van der Waals surface area contributed by atoms with Crippen molar-refractivity contribution in [1.29, 1.82) is 0 Å². The summed E-state index contributed by atoms with van der Waals surface area (Å²) in [6.07, 6.45) is 0. The lowest BCUT2D eigenvalue weighted by Gasteiger charge is -2.18. The summed E-state index contributed by atoms with van der Waals surface area (Å²) in [6.45, 7) is 10.4. The van der Waals surface area contributed by atoms with Crippen molar-refractivity contribution < 1.29 is 9.53 Å². The van der Waals surface area contributed by atoms with Crippen LogP contribution in [0, 0.1) is 27.7 Å². The fraction of sp³-hybridized carbons (Fsp3) is 0.350. The standard InChI is InChI=1S/C20H26N2O2/c1-13-8-7-11-18(17(13)5)22-20(23)21-16(4)12-24-19-14(2)9-6-10-15(19)3/h6-11,16H,12H2,1-5H3,(H2,21,22,23). The molecule has 0 heterocycles. The molecular weight excluding hydrogens is 300 g/mol. The zero-order valence-electron chi connectivity index (χ0n) is 15.1. The highest BCUT2D eigenvalue weighted by Gasteiger charge is 2.11. The zero-order valence-corrected chi connectivity index (χ0v) is 15.1. The fourth-order valence-electron chi connectivity index (χ4n) is 2.55. The number of carbonyl (C=O) groups excluding carboxylic acids is 1. The van der Waals surface area contributed by atoms with Crippen molar-refractivity contribution in [2.75, 3.05) is 11.9 Å². The molecule has 2 rings (SSSR count). The summed E-state index contributed by atoms with van der Waals surface area (Å²) >= 11 is 0. The Morgan fingerprint density at radius 2 is 1.58 bits per heavy atom. The van der Waals surface area contributed by atoms with E-state index in [-0.39, 0.29) is 12.1 Å². The molecule has 0 spiro atoms. The number of aryl methyl sites for hydroxylation is 3. The van der Waals surface area contributed by atoms with Crippen LogP contribution in [0.2, 0.25) is 0 Å². The van der Waals surface area contributed by atoms with E-state index in [0.717, 1.165) is 33.7 Å². The second-order valence-electron chi connectivity index (χ2n) is 6.28. The lowest BCUT2D eigenvalue weighted by Crippen LogP contribution is -2.39. The van der Waals surface area contributed by atoms with Crippen LogP contribution in [0.25, 0.3) is 0 Å². The minimum atomic E-state index is -0.221. The Labute approximate surface area is 144 Å². The van der Waals surface area contributed by atoms with E-state index in [1.54, 1.807) is 0 Å². The molecule has 2 amide bonds. The number of carbonyl (C=O) groups is 1. The summed E-state index contributed by atoms with van der Waals surface area (Å²) in [5.74, 6) is 0.890. The van der Waals surface area contributed by atoms with Gasteiger partial charge in [-0.1, -0.05) is 30.3 Å². The summed E-state index contributed by atoms with van der Waals surface area (Å²) in [6, 6.07) is 11.6. The largest absolute Gasteiger partial charge is 0.491 e. The van der Waals surface area contributed by atoms with E-state index in [0.29, 0.717) is 6.61 Å². The number of para-hydroxylation sites is 1. The van der Waals surface area contributed by atoms with E-state index in [9.17, 15) is 4.79 Å². The van der Waals surface area contributed by atoms with Gasteiger partial charge in [0.25, 0.3) is 0 Å². The molecule has 24 heavy (non-hydrogen) atoms. The first kappa shape index (κ1) is 17.9. The van der Waals surface area contributed by atoms with E-state index in [1.807, 2.05) is 71.0 Å². The number of hydrogen-bond donors (Lipinski definition) is 2. The van der Waals surface area contributed by atoms with Gasteiger partial charge in [0.2, 0.25) is 0 Å². The number of hydrogen-bond acceptors (Lipinski definition) is 2. The van der Waals surface area contributed by atoms with Crippen molar-refractivity contribution in [2.45, 2.75) is 40.7 Å². The van der Waals surface area contributed by atoms with Crippen molar-refractivity contribution in [2.24, 2.45) is 0 Å². The van der Waals surface area contributed by atoms with Gasteiger partial charge in [-0.3, -0.25) is 0 Å². The van der Waals surface area contributed by atoms with E-state index < -0.39 is 0 Å². The molecule has 2 aromatic carbocycles. The summed E-state index contributed by atoms with van der Waals surface area (Å²) < 4.78 is 5.88. The Morgan fingerprint density at radius 1 is 1.00 bits per heavy atom. The number of amides is 2. The monoisotopic (exact) mass is 326 g/mol. The van der Waals surface area contributed by atoms with Crippen LogP contribution in [0.1, 0.15) is 29.2 Å². The van der Waals surface area contributed by atoms with Gasteiger partial charge in [0, 0.05) is 5.69 Å². The van der Waals surface area contributed by atoms with Gasteiger partial charge in [-0.15, -0.1) is 0 Å². The van der Waals surface area contributed by atoms with Crippen molar-refractivity contribution in [1.82, 2.24) is 5.32 Å². The van der Waals surface area contributed by atoms with Crippen LogP contribution in [0.15, 0.2) is 36.4 Å². The van der Waals surface area contributed by atoms with Gasteiger partial charge in [-0.2, -0.15) is 0 Å². The summed E-state index contributed by atoms with van der Waals surface area (Å²) in [5, 5.41) is 5.81. The molecule has 2 N–H and O–H groups in total. The van der Waals surface area contributed by atoms with E-state index in [2.05, 4.69) is 10.6 Å².